The normalized spacial score (nSPS) is 16.8. The van der Waals surface area contributed by atoms with Gasteiger partial charge in [0.25, 0.3) is 0 Å². The lowest BCUT2D eigenvalue weighted by Crippen LogP contribution is -2.42. The van der Waals surface area contributed by atoms with Crippen LogP contribution in [0.25, 0.3) is 0 Å². The zero-order chi connectivity index (χ0) is 12.1. The molecule has 0 aliphatic heterocycles. The molecule has 2 atom stereocenters. The number of ether oxygens (including phenoxy) is 1. The Morgan fingerprint density at radius 1 is 1.20 bits per heavy atom. The molecular weight excluding hydrogens is 190 g/mol. The first-order valence-corrected chi connectivity index (χ1v) is 5.76. The van der Waals surface area contributed by atoms with Gasteiger partial charge in [-0.1, -0.05) is 20.8 Å². The van der Waals surface area contributed by atoms with Gasteiger partial charge >= 0.3 is 0 Å². The van der Waals surface area contributed by atoms with E-state index >= 15 is 0 Å². The minimum Gasteiger partial charge on any atom is -0.389 e. The van der Waals surface area contributed by atoms with Gasteiger partial charge in [0.2, 0.25) is 0 Å². The second-order valence-electron chi connectivity index (χ2n) is 5.53. The number of aliphatic hydroxyl groups is 1. The monoisotopic (exact) mass is 217 g/mol. The molecule has 0 saturated carbocycles. The smallest absolute Gasteiger partial charge is 0.0897 e. The van der Waals surface area contributed by atoms with E-state index in [9.17, 15) is 5.11 Å². The first-order valence-electron chi connectivity index (χ1n) is 5.76. The van der Waals surface area contributed by atoms with E-state index in [2.05, 4.69) is 33.0 Å². The molecule has 0 unspecified atom stereocenters. The molecule has 0 aromatic rings. The molecule has 0 heterocycles. The standard InChI is InChI=1S/C12H27NO2/c1-9(2)15-8-11(14)7-13-10(3)12(4,5)6/h9-11,13-14H,7-8H2,1-6H3/t10-,11+/m0/s1. The first-order chi connectivity index (χ1) is 6.73. The molecule has 0 bridgehead atoms. The molecule has 2 N–H and O–H groups in total. The van der Waals surface area contributed by atoms with Gasteiger partial charge in [-0.2, -0.15) is 0 Å². The fourth-order valence-electron chi connectivity index (χ4n) is 0.981. The third-order valence-electron chi connectivity index (χ3n) is 2.58. The van der Waals surface area contributed by atoms with E-state index in [1.807, 2.05) is 13.8 Å². The Labute approximate surface area is 94.2 Å². The van der Waals surface area contributed by atoms with Crippen molar-refractivity contribution in [2.45, 2.75) is 59.8 Å². The Morgan fingerprint density at radius 3 is 2.13 bits per heavy atom. The molecular formula is C12H27NO2. The van der Waals surface area contributed by atoms with Crippen LogP contribution in [-0.4, -0.2) is 36.5 Å². The Balaban J connectivity index is 3.66. The maximum absolute atomic E-state index is 9.63. The lowest BCUT2D eigenvalue weighted by atomic mass is 9.88. The van der Waals surface area contributed by atoms with E-state index in [1.165, 1.54) is 0 Å². The number of nitrogens with one attached hydrogen (secondary N) is 1. The summed E-state index contributed by atoms with van der Waals surface area (Å²) in [6, 6.07) is 0.381. The van der Waals surface area contributed by atoms with E-state index in [0.717, 1.165) is 0 Å². The molecule has 3 heteroatoms. The Hall–Kier alpha value is -0.120. The van der Waals surface area contributed by atoms with Crippen LogP contribution < -0.4 is 5.32 Å². The summed E-state index contributed by atoms with van der Waals surface area (Å²) in [5.41, 5.74) is 0.221. The second-order valence-corrected chi connectivity index (χ2v) is 5.53. The van der Waals surface area contributed by atoms with Gasteiger partial charge < -0.3 is 15.2 Å². The molecule has 0 radical (unpaired) electrons. The predicted molar refractivity (Wildman–Crippen MR) is 64.0 cm³/mol. The summed E-state index contributed by atoms with van der Waals surface area (Å²) in [4.78, 5) is 0. The third-order valence-corrected chi connectivity index (χ3v) is 2.58. The molecule has 0 aromatic heterocycles. The average Bonchev–Trinajstić information content (AvgIpc) is 2.09. The molecule has 0 amide bonds. The minimum absolute atomic E-state index is 0.180. The lowest BCUT2D eigenvalue weighted by Gasteiger charge is -2.29. The molecule has 0 aromatic carbocycles. The van der Waals surface area contributed by atoms with Gasteiger partial charge in [0.15, 0.2) is 0 Å². The van der Waals surface area contributed by atoms with Crippen LogP contribution in [0.15, 0.2) is 0 Å². The molecule has 0 rings (SSSR count). The fourth-order valence-corrected chi connectivity index (χ4v) is 0.981. The van der Waals surface area contributed by atoms with Gasteiger partial charge in [0.05, 0.1) is 18.8 Å². The summed E-state index contributed by atoms with van der Waals surface area (Å²) in [6.45, 7) is 13.6. The van der Waals surface area contributed by atoms with Crippen LogP contribution in [-0.2, 0) is 4.74 Å². The van der Waals surface area contributed by atoms with Gasteiger partial charge in [0.1, 0.15) is 0 Å². The van der Waals surface area contributed by atoms with Crippen LogP contribution in [0.3, 0.4) is 0 Å². The molecule has 0 spiro atoms. The highest BCUT2D eigenvalue weighted by molar-refractivity contribution is 4.77. The Bertz CT molecular complexity index is 163. The number of aliphatic hydroxyl groups excluding tert-OH is 1. The van der Waals surface area contributed by atoms with E-state index < -0.39 is 6.10 Å². The van der Waals surface area contributed by atoms with Crippen molar-refractivity contribution in [3.05, 3.63) is 0 Å². The summed E-state index contributed by atoms with van der Waals surface area (Å²) < 4.78 is 5.33. The molecule has 3 nitrogen and oxygen atoms in total. The molecule has 0 aliphatic rings. The summed E-state index contributed by atoms with van der Waals surface area (Å²) in [7, 11) is 0. The zero-order valence-corrected chi connectivity index (χ0v) is 11.0. The summed E-state index contributed by atoms with van der Waals surface area (Å²) in [6.07, 6.45) is -0.239. The third kappa shape index (κ3) is 7.77. The van der Waals surface area contributed by atoms with E-state index in [1.54, 1.807) is 0 Å². The maximum atomic E-state index is 9.63. The largest absolute Gasteiger partial charge is 0.389 e. The highest BCUT2D eigenvalue weighted by atomic mass is 16.5. The molecule has 0 aliphatic carbocycles. The van der Waals surface area contributed by atoms with Crippen LogP contribution in [0.2, 0.25) is 0 Å². The summed E-state index contributed by atoms with van der Waals surface area (Å²) in [5.74, 6) is 0. The fraction of sp³-hybridized carbons (Fsp3) is 1.00. The summed E-state index contributed by atoms with van der Waals surface area (Å²) >= 11 is 0. The minimum atomic E-state index is -0.419. The summed E-state index contributed by atoms with van der Waals surface area (Å²) in [5, 5.41) is 12.9. The first kappa shape index (κ1) is 14.9. The topological polar surface area (TPSA) is 41.5 Å². The van der Waals surface area contributed by atoms with Crippen molar-refractivity contribution in [1.29, 1.82) is 0 Å². The average molecular weight is 217 g/mol. The number of hydrogen-bond donors (Lipinski definition) is 2. The molecule has 0 fully saturated rings. The van der Waals surface area contributed by atoms with Crippen LogP contribution in [0.5, 0.6) is 0 Å². The zero-order valence-electron chi connectivity index (χ0n) is 11.0. The van der Waals surface area contributed by atoms with Gasteiger partial charge in [-0.05, 0) is 26.2 Å². The maximum Gasteiger partial charge on any atom is 0.0897 e. The SMILES string of the molecule is CC(C)OC[C@H](O)CN[C@@H](C)C(C)(C)C. The van der Waals surface area contributed by atoms with Crippen molar-refractivity contribution in [2.24, 2.45) is 5.41 Å². The highest BCUT2D eigenvalue weighted by Gasteiger charge is 2.20. The van der Waals surface area contributed by atoms with E-state index in [-0.39, 0.29) is 11.5 Å². The number of hydrogen-bond acceptors (Lipinski definition) is 3. The molecule has 0 saturated heterocycles. The van der Waals surface area contributed by atoms with Crippen LogP contribution in [0, 0.1) is 5.41 Å². The van der Waals surface area contributed by atoms with Crippen molar-refractivity contribution in [1.82, 2.24) is 5.32 Å². The van der Waals surface area contributed by atoms with E-state index in [4.69, 9.17) is 4.74 Å². The van der Waals surface area contributed by atoms with Crippen molar-refractivity contribution in [3.8, 4) is 0 Å². The number of rotatable bonds is 6. The van der Waals surface area contributed by atoms with Gasteiger partial charge in [0, 0.05) is 12.6 Å². The van der Waals surface area contributed by atoms with Crippen molar-refractivity contribution in [3.63, 3.8) is 0 Å². The Kier molecular flexibility index (Phi) is 6.41. The second kappa shape index (κ2) is 6.46. The van der Waals surface area contributed by atoms with Gasteiger partial charge in [-0.25, -0.2) is 0 Å². The predicted octanol–water partition coefficient (Wildman–Crippen LogP) is 1.80. The molecule has 92 valence electrons. The van der Waals surface area contributed by atoms with Gasteiger partial charge in [-0.3, -0.25) is 0 Å². The Morgan fingerprint density at radius 2 is 1.73 bits per heavy atom. The molecule has 15 heavy (non-hydrogen) atoms. The van der Waals surface area contributed by atoms with Crippen LogP contribution in [0.1, 0.15) is 41.5 Å². The van der Waals surface area contributed by atoms with Crippen molar-refractivity contribution >= 4 is 0 Å². The van der Waals surface area contributed by atoms with E-state index in [0.29, 0.717) is 19.2 Å². The van der Waals surface area contributed by atoms with Crippen molar-refractivity contribution in [2.75, 3.05) is 13.2 Å². The van der Waals surface area contributed by atoms with Crippen LogP contribution >= 0.6 is 0 Å². The van der Waals surface area contributed by atoms with Gasteiger partial charge in [-0.15, -0.1) is 0 Å². The lowest BCUT2D eigenvalue weighted by molar-refractivity contribution is 0.00431. The van der Waals surface area contributed by atoms with Crippen LogP contribution in [0.4, 0.5) is 0 Å². The quantitative estimate of drug-likeness (QED) is 0.713. The van der Waals surface area contributed by atoms with Crippen molar-refractivity contribution < 1.29 is 9.84 Å². The highest BCUT2D eigenvalue weighted by Crippen LogP contribution is 2.18.